The minimum absolute atomic E-state index is 0.190. The Labute approximate surface area is 236 Å². The van der Waals surface area contributed by atoms with Crippen molar-refractivity contribution in [3.8, 4) is 0 Å². The maximum Gasteiger partial charge on any atom is 0.267 e. The molecule has 0 aliphatic carbocycles. The topological polar surface area (TPSA) is 61.2 Å². The van der Waals surface area contributed by atoms with E-state index in [1.807, 2.05) is 48.5 Å². The summed E-state index contributed by atoms with van der Waals surface area (Å²) in [6.45, 7) is 4.45. The number of piperazine rings is 1. The highest BCUT2D eigenvalue weighted by Crippen LogP contribution is 2.34. The summed E-state index contributed by atoms with van der Waals surface area (Å²) >= 11 is 6.79. The van der Waals surface area contributed by atoms with Gasteiger partial charge in [-0.25, -0.2) is 4.98 Å². The number of hydrogen-bond acceptors (Lipinski definition) is 7. The monoisotopic (exact) mass is 553 g/mol. The third-order valence-corrected chi connectivity index (χ3v) is 8.38. The van der Waals surface area contributed by atoms with Crippen LogP contribution in [-0.2, 0) is 17.9 Å². The number of pyridine rings is 1. The number of carbonyl (C=O) groups is 1. The van der Waals surface area contributed by atoms with Crippen molar-refractivity contribution in [2.75, 3.05) is 31.1 Å². The molecule has 9 heteroatoms. The summed E-state index contributed by atoms with van der Waals surface area (Å²) in [7, 11) is 0. The van der Waals surface area contributed by atoms with E-state index in [2.05, 4.69) is 34.1 Å². The molecule has 2 aromatic heterocycles. The number of benzene rings is 2. The van der Waals surface area contributed by atoms with Crippen LogP contribution in [0.5, 0.6) is 0 Å². The summed E-state index contributed by atoms with van der Waals surface area (Å²) in [6, 6.07) is 25.7. The SMILES string of the molecule is O=C1/C(=C\c2c(N3CCN(Cc4ccccc4)CC3)nc3ccccn3c2=O)SC(=S)N1Cc1ccccc1. The van der Waals surface area contributed by atoms with Crippen molar-refractivity contribution in [2.45, 2.75) is 13.1 Å². The van der Waals surface area contributed by atoms with Crippen LogP contribution in [0.3, 0.4) is 0 Å². The van der Waals surface area contributed by atoms with E-state index in [9.17, 15) is 9.59 Å². The van der Waals surface area contributed by atoms with Crippen LogP contribution < -0.4 is 10.5 Å². The molecule has 1 amide bonds. The lowest BCUT2D eigenvalue weighted by atomic mass is 10.1. The largest absolute Gasteiger partial charge is 0.353 e. The fraction of sp³-hybridized carbons (Fsp3) is 0.200. The number of thiocarbonyl (C=S) groups is 1. The number of anilines is 1. The summed E-state index contributed by atoms with van der Waals surface area (Å²) in [6.07, 6.45) is 3.40. The van der Waals surface area contributed by atoms with Crippen LogP contribution in [0.4, 0.5) is 5.82 Å². The number of rotatable bonds is 6. The summed E-state index contributed by atoms with van der Waals surface area (Å²) in [5, 5.41) is 0. The predicted octanol–water partition coefficient (Wildman–Crippen LogP) is 4.42. The molecule has 2 aliphatic rings. The summed E-state index contributed by atoms with van der Waals surface area (Å²) in [5.74, 6) is 0.420. The number of hydrogen-bond donors (Lipinski definition) is 0. The molecule has 2 saturated heterocycles. The van der Waals surface area contributed by atoms with Gasteiger partial charge < -0.3 is 4.90 Å². The normalized spacial score (nSPS) is 17.5. The van der Waals surface area contributed by atoms with Crippen molar-refractivity contribution in [1.82, 2.24) is 19.2 Å². The van der Waals surface area contributed by atoms with Crippen molar-refractivity contribution in [2.24, 2.45) is 0 Å². The van der Waals surface area contributed by atoms with Gasteiger partial charge in [0.05, 0.1) is 17.0 Å². The lowest BCUT2D eigenvalue weighted by molar-refractivity contribution is -0.122. The Morgan fingerprint density at radius 3 is 2.15 bits per heavy atom. The molecule has 0 N–H and O–H groups in total. The van der Waals surface area contributed by atoms with Crippen LogP contribution >= 0.6 is 24.0 Å². The Bertz CT molecular complexity index is 1610. The third-order valence-electron chi connectivity index (χ3n) is 7.00. The van der Waals surface area contributed by atoms with Gasteiger partial charge in [-0.3, -0.25) is 23.8 Å². The minimum Gasteiger partial charge on any atom is -0.353 e. The van der Waals surface area contributed by atoms with E-state index in [4.69, 9.17) is 17.2 Å². The van der Waals surface area contributed by atoms with Gasteiger partial charge in [-0.1, -0.05) is 90.7 Å². The van der Waals surface area contributed by atoms with Crippen LogP contribution in [0.15, 0.2) is 94.8 Å². The van der Waals surface area contributed by atoms with Gasteiger partial charge in [0.15, 0.2) is 0 Å². The van der Waals surface area contributed by atoms with E-state index in [1.54, 1.807) is 23.2 Å². The van der Waals surface area contributed by atoms with E-state index < -0.39 is 0 Å². The summed E-state index contributed by atoms with van der Waals surface area (Å²) < 4.78 is 2.02. The van der Waals surface area contributed by atoms with Crippen LogP contribution in [0.1, 0.15) is 16.7 Å². The van der Waals surface area contributed by atoms with Crippen molar-refractivity contribution in [3.63, 3.8) is 0 Å². The van der Waals surface area contributed by atoms with E-state index in [0.717, 1.165) is 38.3 Å². The van der Waals surface area contributed by atoms with E-state index >= 15 is 0 Å². The lowest BCUT2D eigenvalue weighted by Crippen LogP contribution is -2.47. The van der Waals surface area contributed by atoms with E-state index in [-0.39, 0.29) is 11.5 Å². The number of carbonyl (C=O) groups excluding carboxylic acids is 1. The fourth-order valence-corrected chi connectivity index (χ4v) is 6.19. The Hall–Kier alpha value is -3.79. The van der Waals surface area contributed by atoms with Crippen molar-refractivity contribution < 1.29 is 4.79 Å². The lowest BCUT2D eigenvalue weighted by Gasteiger charge is -2.36. The molecule has 0 atom stereocenters. The minimum atomic E-state index is -0.198. The highest BCUT2D eigenvalue weighted by Gasteiger charge is 2.33. The van der Waals surface area contributed by atoms with Crippen LogP contribution in [-0.4, -0.2) is 55.6 Å². The molecular weight excluding hydrogens is 526 g/mol. The van der Waals surface area contributed by atoms with Gasteiger partial charge in [0.2, 0.25) is 0 Å². The zero-order valence-electron chi connectivity index (χ0n) is 21.3. The first-order chi connectivity index (χ1) is 19.1. The Kier molecular flexibility index (Phi) is 7.28. The van der Waals surface area contributed by atoms with Crippen LogP contribution in [0.25, 0.3) is 11.7 Å². The highest BCUT2D eigenvalue weighted by molar-refractivity contribution is 8.26. The molecule has 6 rings (SSSR count). The molecule has 39 heavy (non-hydrogen) atoms. The molecule has 0 unspecified atom stereocenters. The Morgan fingerprint density at radius 1 is 0.821 bits per heavy atom. The fourth-order valence-electron chi connectivity index (χ4n) is 4.95. The standard InChI is InChI=1S/C30H27N5O2S2/c36-28-24(19-25-29(37)35(30(38)39-25)21-23-11-5-2-6-12-23)27(31-26-13-7-8-14-34(26)28)33-17-15-32(16-18-33)20-22-9-3-1-4-10-22/h1-14,19H,15-18,20-21H2/b25-19+. The molecule has 2 aliphatic heterocycles. The molecular formula is C30H27N5O2S2. The quantitative estimate of drug-likeness (QED) is 0.259. The smallest absolute Gasteiger partial charge is 0.267 e. The molecule has 2 fully saturated rings. The van der Waals surface area contributed by atoms with Crippen LogP contribution in [0.2, 0.25) is 0 Å². The molecule has 0 bridgehead atoms. The van der Waals surface area contributed by atoms with Crippen molar-refractivity contribution in [3.05, 3.63) is 117 Å². The number of aromatic nitrogens is 2. The Morgan fingerprint density at radius 2 is 1.46 bits per heavy atom. The second-order valence-corrected chi connectivity index (χ2v) is 11.3. The van der Waals surface area contributed by atoms with E-state index in [1.165, 1.54) is 21.7 Å². The molecule has 0 spiro atoms. The third kappa shape index (κ3) is 5.38. The predicted molar refractivity (Wildman–Crippen MR) is 161 cm³/mol. The zero-order valence-corrected chi connectivity index (χ0v) is 22.9. The van der Waals surface area contributed by atoms with E-state index in [0.29, 0.717) is 32.8 Å². The second-order valence-electron chi connectivity index (χ2n) is 9.59. The van der Waals surface area contributed by atoms with Gasteiger partial charge >= 0.3 is 0 Å². The number of thioether (sulfide) groups is 1. The number of nitrogens with zero attached hydrogens (tertiary/aromatic N) is 5. The maximum atomic E-state index is 13.7. The summed E-state index contributed by atoms with van der Waals surface area (Å²) in [5.41, 5.74) is 3.08. The first kappa shape index (κ1) is 25.5. The average molecular weight is 554 g/mol. The van der Waals surface area contributed by atoms with Gasteiger partial charge in [0, 0.05) is 38.9 Å². The van der Waals surface area contributed by atoms with Gasteiger partial charge in [0.25, 0.3) is 11.5 Å². The second kappa shape index (κ2) is 11.1. The Balaban J connectivity index is 1.30. The van der Waals surface area contributed by atoms with Crippen molar-refractivity contribution >= 4 is 51.7 Å². The van der Waals surface area contributed by atoms with Gasteiger partial charge in [-0.05, 0) is 29.3 Å². The first-order valence-corrected chi connectivity index (χ1v) is 14.1. The molecule has 4 aromatic rings. The molecule has 4 heterocycles. The molecule has 0 radical (unpaired) electrons. The van der Waals surface area contributed by atoms with Crippen molar-refractivity contribution in [1.29, 1.82) is 0 Å². The number of fused-ring (bicyclic) bond motifs is 1. The molecule has 0 saturated carbocycles. The number of amides is 1. The van der Waals surface area contributed by atoms with Gasteiger partial charge in [-0.15, -0.1) is 0 Å². The molecule has 7 nitrogen and oxygen atoms in total. The highest BCUT2D eigenvalue weighted by atomic mass is 32.2. The first-order valence-electron chi connectivity index (χ1n) is 12.9. The average Bonchev–Trinajstić information content (AvgIpc) is 3.23. The molecule has 2 aromatic carbocycles. The van der Waals surface area contributed by atoms with Gasteiger partial charge in [-0.2, -0.15) is 0 Å². The maximum absolute atomic E-state index is 13.7. The van der Waals surface area contributed by atoms with Crippen LogP contribution in [0, 0.1) is 0 Å². The van der Waals surface area contributed by atoms with Gasteiger partial charge in [0.1, 0.15) is 15.8 Å². The zero-order chi connectivity index (χ0) is 26.8. The molecule has 196 valence electrons. The summed E-state index contributed by atoms with van der Waals surface area (Å²) in [4.78, 5) is 38.6.